The predicted molar refractivity (Wildman–Crippen MR) is 141 cm³/mol. The highest BCUT2D eigenvalue weighted by Gasteiger charge is 2.31. The summed E-state index contributed by atoms with van der Waals surface area (Å²) in [6.45, 7) is 8.51. The molecule has 1 atom stereocenters. The molecule has 2 fully saturated rings. The second-order valence-electron chi connectivity index (χ2n) is 9.62. The fourth-order valence-electron chi connectivity index (χ4n) is 4.61. The number of ether oxygens (including phenoxy) is 2. The zero-order chi connectivity index (χ0) is 24.2. The Morgan fingerprint density at radius 1 is 1.20 bits per heavy atom. The van der Waals surface area contributed by atoms with Crippen molar-refractivity contribution < 1.29 is 18.7 Å². The van der Waals surface area contributed by atoms with E-state index in [0.29, 0.717) is 23.7 Å². The maximum atomic E-state index is 15.5. The Labute approximate surface area is 214 Å². The number of halogens is 2. The van der Waals surface area contributed by atoms with Gasteiger partial charge < -0.3 is 15.2 Å². The Morgan fingerprint density at radius 3 is 2.54 bits per heavy atom. The largest absolute Gasteiger partial charge is 0.493 e. The van der Waals surface area contributed by atoms with Crippen LogP contribution in [0.5, 0.6) is 5.75 Å². The SMILES string of the molecule is C=CCCCOc1cc(C2CC2)cc(C)c1-c1cc(C2CC2)c(F)c([C@@H](N)CC(=O)OCC)c1.Cl. The van der Waals surface area contributed by atoms with Crippen LogP contribution in [0.1, 0.15) is 92.0 Å². The van der Waals surface area contributed by atoms with Crippen molar-refractivity contribution in [3.63, 3.8) is 0 Å². The van der Waals surface area contributed by atoms with Crippen molar-refractivity contribution in [2.24, 2.45) is 5.73 Å². The number of rotatable bonds is 12. The van der Waals surface area contributed by atoms with Gasteiger partial charge in [-0.2, -0.15) is 0 Å². The first kappa shape index (κ1) is 27.2. The molecular formula is C29H37ClFNO3. The molecule has 0 unspecified atom stereocenters. The van der Waals surface area contributed by atoms with E-state index in [4.69, 9.17) is 15.2 Å². The predicted octanol–water partition coefficient (Wildman–Crippen LogP) is 7.28. The van der Waals surface area contributed by atoms with Gasteiger partial charge in [0.15, 0.2) is 0 Å². The van der Waals surface area contributed by atoms with Crippen LogP contribution in [0.3, 0.4) is 0 Å². The van der Waals surface area contributed by atoms with Gasteiger partial charge in [-0.25, -0.2) is 4.39 Å². The van der Waals surface area contributed by atoms with Crippen LogP contribution in [-0.4, -0.2) is 19.2 Å². The summed E-state index contributed by atoms with van der Waals surface area (Å²) in [7, 11) is 0. The van der Waals surface area contributed by atoms with Crippen molar-refractivity contribution in [2.75, 3.05) is 13.2 Å². The van der Waals surface area contributed by atoms with Gasteiger partial charge in [0.1, 0.15) is 11.6 Å². The first-order chi connectivity index (χ1) is 16.4. The summed E-state index contributed by atoms with van der Waals surface area (Å²) in [6.07, 6.45) is 7.99. The summed E-state index contributed by atoms with van der Waals surface area (Å²) in [6, 6.07) is 7.40. The highest BCUT2D eigenvalue weighted by atomic mass is 35.5. The smallest absolute Gasteiger partial charge is 0.307 e. The molecule has 4 nitrogen and oxygen atoms in total. The van der Waals surface area contributed by atoms with E-state index in [0.717, 1.165) is 48.1 Å². The first-order valence-corrected chi connectivity index (χ1v) is 12.6. The van der Waals surface area contributed by atoms with Gasteiger partial charge in [0.2, 0.25) is 0 Å². The van der Waals surface area contributed by atoms with E-state index < -0.39 is 12.0 Å². The van der Waals surface area contributed by atoms with E-state index >= 15 is 4.39 Å². The standard InChI is InChI=1S/C29H36FNO3.ClH/c1-4-6-7-12-34-26-16-21(19-8-9-19)13-18(3)28(26)22-14-23(20-10-11-20)29(30)24(15-22)25(31)17-27(32)33-5-2;/h4,13-16,19-20,25H,1,5-12,17,31H2,2-3H3;1H/t25-;/m0./s1. The molecule has 0 radical (unpaired) electrons. The number of benzene rings is 2. The summed E-state index contributed by atoms with van der Waals surface area (Å²) in [5.74, 6) is 0.945. The molecule has 2 N–H and O–H groups in total. The van der Waals surface area contributed by atoms with Crippen LogP contribution in [0.15, 0.2) is 36.9 Å². The number of aryl methyl sites for hydroxylation is 1. The molecule has 0 saturated heterocycles. The lowest BCUT2D eigenvalue weighted by molar-refractivity contribution is -0.143. The third-order valence-electron chi connectivity index (χ3n) is 6.71. The molecular weight excluding hydrogens is 465 g/mol. The van der Waals surface area contributed by atoms with Gasteiger partial charge in [0.25, 0.3) is 0 Å². The van der Waals surface area contributed by atoms with Gasteiger partial charge in [0, 0.05) is 17.2 Å². The molecule has 190 valence electrons. The number of hydrogen-bond acceptors (Lipinski definition) is 4. The van der Waals surface area contributed by atoms with Gasteiger partial charge in [-0.05, 0) is 105 Å². The zero-order valence-corrected chi connectivity index (χ0v) is 21.6. The van der Waals surface area contributed by atoms with Crippen molar-refractivity contribution in [3.8, 4) is 16.9 Å². The minimum Gasteiger partial charge on any atom is -0.493 e. The monoisotopic (exact) mass is 501 g/mol. The number of allylic oxidation sites excluding steroid dienone is 1. The van der Waals surface area contributed by atoms with Crippen molar-refractivity contribution in [3.05, 3.63) is 65.0 Å². The second-order valence-corrected chi connectivity index (χ2v) is 9.62. The van der Waals surface area contributed by atoms with Crippen molar-refractivity contribution in [2.45, 2.75) is 76.7 Å². The maximum Gasteiger partial charge on any atom is 0.307 e. The van der Waals surface area contributed by atoms with Crippen molar-refractivity contribution in [1.82, 2.24) is 0 Å². The topological polar surface area (TPSA) is 61.5 Å². The van der Waals surface area contributed by atoms with Gasteiger partial charge >= 0.3 is 5.97 Å². The van der Waals surface area contributed by atoms with E-state index in [1.54, 1.807) is 13.0 Å². The molecule has 0 bridgehead atoms. The molecule has 0 aliphatic heterocycles. The van der Waals surface area contributed by atoms with Gasteiger partial charge in [-0.3, -0.25) is 4.79 Å². The molecule has 4 rings (SSSR count). The minimum atomic E-state index is -0.764. The number of esters is 1. The van der Waals surface area contributed by atoms with E-state index in [2.05, 4.69) is 25.6 Å². The quantitative estimate of drug-likeness (QED) is 0.188. The molecule has 2 aliphatic carbocycles. The second kappa shape index (κ2) is 12.0. The molecule has 2 aliphatic rings. The average molecular weight is 502 g/mol. The van der Waals surface area contributed by atoms with Crippen LogP contribution in [0.4, 0.5) is 4.39 Å². The molecule has 2 aromatic rings. The van der Waals surface area contributed by atoms with E-state index in [9.17, 15) is 4.79 Å². The van der Waals surface area contributed by atoms with Crippen LogP contribution >= 0.6 is 12.4 Å². The molecule has 35 heavy (non-hydrogen) atoms. The Balaban J connectivity index is 0.00000342. The molecule has 0 spiro atoms. The van der Waals surface area contributed by atoms with Crippen LogP contribution < -0.4 is 10.5 Å². The van der Waals surface area contributed by atoms with Crippen LogP contribution in [0.25, 0.3) is 11.1 Å². The number of hydrogen-bond donors (Lipinski definition) is 1. The van der Waals surface area contributed by atoms with E-state index in [1.165, 1.54) is 18.4 Å². The lowest BCUT2D eigenvalue weighted by atomic mass is 9.90. The molecule has 2 saturated carbocycles. The summed E-state index contributed by atoms with van der Waals surface area (Å²) in [5.41, 5.74) is 11.7. The van der Waals surface area contributed by atoms with E-state index in [-0.39, 0.29) is 37.2 Å². The summed E-state index contributed by atoms with van der Waals surface area (Å²) < 4.78 is 26.9. The van der Waals surface area contributed by atoms with Gasteiger partial charge in [0.05, 0.1) is 19.6 Å². The lowest BCUT2D eigenvalue weighted by Gasteiger charge is -2.20. The number of unbranched alkanes of at least 4 members (excludes halogenated alkanes) is 1. The highest BCUT2D eigenvalue weighted by Crippen LogP contribution is 2.47. The Morgan fingerprint density at radius 2 is 1.91 bits per heavy atom. The molecule has 0 aromatic heterocycles. The van der Waals surface area contributed by atoms with Crippen LogP contribution in [-0.2, 0) is 9.53 Å². The number of carbonyl (C=O) groups is 1. The highest BCUT2D eigenvalue weighted by molar-refractivity contribution is 5.85. The Kier molecular flexibility index (Phi) is 9.37. The molecule has 0 heterocycles. The maximum absolute atomic E-state index is 15.5. The summed E-state index contributed by atoms with van der Waals surface area (Å²) in [5, 5.41) is 0. The molecule has 0 amide bonds. The molecule has 6 heteroatoms. The van der Waals surface area contributed by atoms with Crippen molar-refractivity contribution in [1.29, 1.82) is 0 Å². The third kappa shape index (κ3) is 6.65. The minimum absolute atomic E-state index is 0. The third-order valence-corrected chi connectivity index (χ3v) is 6.71. The summed E-state index contributed by atoms with van der Waals surface area (Å²) >= 11 is 0. The Bertz CT molecular complexity index is 1060. The zero-order valence-electron chi connectivity index (χ0n) is 20.8. The van der Waals surface area contributed by atoms with Crippen LogP contribution in [0, 0.1) is 12.7 Å². The van der Waals surface area contributed by atoms with Crippen molar-refractivity contribution >= 4 is 18.4 Å². The lowest BCUT2D eigenvalue weighted by Crippen LogP contribution is -2.19. The van der Waals surface area contributed by atoms with E-state index in [1.807, 2.05) is 12.1 Å². The fraction of sp³-hybridized carbons (Fsp3) is 0.483. The number of carbonyl (C=O) groups excluding carboxylic acids is 1. The summed E-state index contributed by atoms with van der Waals surface area (Å²) in [4.78, 5) is 12.1. The van der Waals surface area contributed by atoms with Crippen LogP contribution in [0.2, 0.25) is 0 Å². The Hall–Kier alpha value is -2.37. The van der Waals surface area contributed by atoms with Gasteiger partial charge in [-0.1, -0.05) is 12.1 Å². The first-order valence-electron chi connectivity index (χ1n) is 12.6. The number of nitrogens with two attached hydrogens (primary N) is 1. The van der Waals surface area contributed by atoms with Gasteiger partial charge in [-0.15, -0.1) is 19.0 Å². The molecule has 2 aromatic carbocycles. The fourth-order valence-corrected chi connectivity index (χ4v) is 4.61. The normalized spacial score (nSPS) is 15.8. The average Bonchev–Trinajstić information content (AvgIpc) is 3.70.